The Kier molecular flexibility index (Phi) is 5.16. The average Bonchev–Trinajstić information content (AvgIpc) is 2.48. The Balaban J connectivity index is 1.84. The maximum atomic E-state index is 12.1. The Hall–Kier alpha value is -2.08. The largest absolute Gasteiger partial charge is 0.495 e. The molecule has 2 rings (SSSR count). The van der Waals surface area contributed by atoms with Gasteiger partial charge in [0.2, 0.25) is 5.91 Å². The van der Waals surface area contributed by atoms with Gasteiger partial charge >= 0.3 is 0 Å². The number of hydrogen-bond donors (Lipinski definition) is 3. The number of para-hydroxylation sites is 2. The minimum absolute atomic E-state index is 0.0361. The summed E-state index contributed by atoms with van der Waals surface area (Å²) in [6.07, 6.45) is 1.51. The van der Waals surface area contributed by atoms with Gasteiger partial charge in [-0.05, 0) is 12.1 Å². The fourth-order valence-electron chi connectivity index (χ4n) is 2.66. The van der Waals surface area contributed by atoms with E-state index >= 15 is 0 Å². The van der Waals surface area contributed by atoms with Crippen molar-refractivity contribution in [3.63, 3.8) is 0 Å². The van der Waals surface area contributed by atoms with E-state index in [4.69, 9.17) is 10.5 Å². The zero-order valence-electron chi connectivity index (χ0n) is 12.2. The van der Waals surface area contributed by atoms with Crippen LogP contribution < -0.4 is 20.7 Å². The Bertz CT molecular complexity index is 511. The molecule has 6 nitrogen and oxygen atoms in total. The van der Waals surface area contributed by atoms with Crippen molar-refractivity contribution in [1.29, 1.82) is 0 Å². The Morgan fingerprint density at radius 2 is 2.00 bits per heavy atom. The molecule has 1 aliphatic heterocycles. The van der Waals surface area contributed by atoms with Crippen molar-refractivity contribution < 1.29 is 19.2 Å². The van der Waals surface area contributed by atoms with Crippen LogP contribution in [0.1, 0.15) is 12.8 Å². The lowest BCUT2D eigenvalue weighted by atomic mass is 9.96. The first-order chi connectivity index (χ1) is 10.1. The summed E-state index contributed by atoms with van der Waals surface area (Å²) in [6.45, 7) is 1.99. The highest BCUT2D eigenvalue weighted by atomic mass is 16.5. The van der Waals surface area contributed by atoms with Crippen molar-refractivity contribution in [3.05, 3.63) is 24.3 Å². The topological polar surface area (TPSA) is 85.9 Å². The van der Waals surface area contributed by atoms with Gasteiger partial charge in [-0.2, -0.15) is 0 Å². The number of piperidine rings is 1. The van der Waals surface area contributed by atoms with Crippen LogP contribution in [0, 0.1) is 5.92 Å². The number of likely N-dealkylation sites (tertiary alicyclic amines) is 1. The van der Waals surface area contributed by atoms with Crippen molar-refractivity contribution in [2.75, 3.05) is 32.1 Å². The molecule has 0 aromatic heterocycles. The van der Waals surface area contributed by atoms with Crippen LogP contribution in [0.3, 0.4) is 0 Å². The smallest absolute Gasteiger partial charge is 0.279 e. The number of nitrogens with one attached hydrogen (secondary N) is 2. The molecule has 0 radical (unpaired) electrons. The summed E-state index contributed by atoms with van der Waals surface area (Å²) in [5.41, 5.74) is 5.98. The third-order valence-corrected chi connectivity index (χ3v) is 3.89. The molecule has 0 saturated carbocycles. The van der Waals surface area contributed by atoms with Gasteiger partial charge in [0.15, 0.2) is 6.54 Å². The molecule has 0 unspecified atom stereocenters. The molecular weight excluding hydrogens is 270 g/mol. The van der Waals surface area contributed by atoms with E-state index in [1.54, 1.807) is 13.2 Å². The van der Waals surface area contributed by atoms with Gasteiger partial charge in [0.1, 0.15) is 5.75 Å². The monoisotopic (exact) mass is 292 g/mol. The Morgan fingerprint density at radius 1 is 1.33 bits per heavy atom. The van der Waals surface area contributed by atoms with Gasteiger partial charge in [-0.25, -0.2) is 0 Å². The molecule has 21 heavy (non-hydrogen) atoms. The molecular formula is C15H22N3O3+. The van der Waals surface area contributed by atoms with Crippen LogP contribution in [0.25, 0.3) is 0 Å². The first-order valence-corrected chi connectivity index (χ1v) is 7.16. The van der Waals surface area contributed by atoms with Gasteiger partial charge in [-0.1, -0.05) is 12.1 Å². The molecule has 2 amide bonds. The maximum absolute atomic E-state index is 12.1. The highest BCUT2D eigenvalue weighted by molar-refractivity contribution is 5.92. The first kappa shape index (κ1) is 15.3. The number of rotatable bonds is 5. The van der Waals surface area contributed by atoms with Gasteiger partial charge in [0, 0.05) is 18.8 Å². The van der Waals surface area contributed by atoms with Crippen molar-refractivity contribution in [2.45, 2.75) is 12.8 Å². The lowest BCUT2D eigenvalue weighted by Gasteiger charge is -2.27. The molecule has 4 N–H and O–H groups in total. The van der Waals surface area contributed by atoms with E-state index in [1.807, 2.05) is 18.2 Å². The van der Waals surface area contributed by atoms with Crippen molar-refractivity contribution in [1.82, 2.24) is 0 Å². The van der Waals surface area contributed by atoms with Crippen molar-refractivity contribution in [3.8, 4) is 5.75 Å². The Labute approximate surface area is 124 Å². The molecule has 1 heterocycles. The molecule has 1 saturated heterocycles. The Morgan fingerprint density at radius 3 is 2.62 bits per heavy atom. The second-order valence-corrected chi connectivity index (χ2v) is 5.35. The summed E-state index contributed by atoms with van der Waals surface area (Å²) in [6, 6.07) is 7.32. The lowest BCUT2D eigenvalue weighted by Crippen LogP contribution is -3.14. The molecule has 0 spiro atoms. The fourth-order valence-corrected chi connectivity index (χ4v) is 2.66. The molecule has 6 heteroatoms. The summed E-state index contributed by atoms with van der Waals surface area (Å²) in [5, 5.41) is 2.87. The first-order valence-electron chi connectivity index (χ1n) is 7.16. The minimum Gasteiger partial charge on any atom is -0.495 e. The minimum atomic E-state index is -0.229. The summed E-state index contributed by atoms with van der Waals surface area (Å²) < 4.78 is 5.20. The van der Waals surface area contributed by atoms with Gasteiger partial charge in [-0.15, -0.1) is 0 Å². The number of carbonyl (C=O) groups excluding carboxylic acids is 2. The number of anilines is 1. The van der Waals surface area contributed by atoms with Crippen LogP contribution in [0.2, 0.25) is 0 Å². The number of hydrogen-bond acceptors (Lipinski definition) is 3. The van der Waals surface area contributed by atoms with Crippen LogP contribution in [-0.2, 0) is 9.59 Å². The van der Waals surface area contributed by atoms with E-state index in [0.29, 0.717) is 18.0 Å². The van der Waals surface area contributed by atoms with E-state index in [1.165, 1.54) is 4.90 Å². The number of amides is 2. The number of benzene rings is 1. The molecule has 0 aliphatic carbocycles. The highest BCUT2D eigenvalue weighted by Gasteiger charge is 2.27. The van der Waals surface area contributed by atoms with Gasteiger partial charge in [0.25, 0.3) is 5.91 Å². The molecule has 114 valence electrons. The van der Waals surface area contributed by atoms with E-state index in [2.05, 4.69) is 5.32 Å². The normalized spacial score (nSPS) is 21.6. The summed E-state index contributed by atoms with van der Waals surface area (Å²) >= 11 is 0. The molecule has 0 bridgehead atoms. The number of methoxy groups -OCH3 is 1. The third-order valence-electron chi connectivity index (χ3n) is 3.89. The van der Waals surface area contributed by atoms with Crippen molar-refractivity contribution >= 4 is 17.5 Å². The molecule has 1 fully saturated rings. The van der Waals surface area contributed by atoms with Crippen LogP contribution in [0.15, 0.2) is 24.3 Å². The van der Waals surface area contributed by atoms with Gasteiger partial charge in [-0.3, -0.25) is 9.59 Å². The number of ether oxygens (including phenoxy) is 1. The zero-order valence-corrected chi connectivity index (χ0v) is 12.2. The number of nitrogens with two attached hydrogens (primary N) is 1. The second-order valence-electron chi connectivity index (χ2n) is 5.35. The van der Waals surface area contributed by atoms with Crippen LogP contribution in [0.5, 0.6) is 5.75 Å². The average molecular weight is 292 g/mol. The molecule has 1 aromatic rings. The van der Waals surface area contributed by atoms with E-state index in [-0.39, 0.29) is 17.7 Å². The van der Waals surface area contributed by atoms with E-state index in [9.17, 15) is 9.59 Å². The highest BCUT2D eigenvalue weighted by Crippen LogP contribution is 2.22. The predicted molar refractivity (Wildman–Crippen MR) is 79.1 cm³/mol. The number of carbonyl (C=O) groups is 2. The fraction of sp³-hybridized carbons (Fsp3) is 0.467. The SMILES string of the molecule is COc1ccccc1NC(=O)C[NH+]1CCC(C(N)=O)CC1. The van der Waals surface area contributed by atoms with E-state index in [0.717, 1.165) is 25.9 Å². The van der Waals surface area contributed by atoms with Crippen LogP contribution in [0.4, 0.5) is 5.69 Å². The zero-order chi connectivity index (χ0) is 15.2. The maximum Gasteiger partial charge on any atom is 0.279 e. The molecule has 1 aliphatic rings. The number of quaternary nitrogens is 1. The standard InChI is InChI=1S/C15H21N3O3/c1-21-13-5-3-2-4-12(13)17-14(19)10-18-8-6-11(7-9-18)15(16)20/h2-5,11H,6-10H2,1H3,(H2,16,20)(H,17,19)/p+1. The lowest BCUT2D eigenvalue weighted by molar-refractivity contribution is -0.897. The number of primary amides is 1. The van der Waals surface area contributed by atoms with Gasteiger partial charge < -0.3 is 20.7 Å². The molecule has 1 aromatic carbocycles. The van der Waals surface area contributed by atoms with Crippen LogP contribution >= 0.6 is 0 Å². The molecule has 0 atom stereocenters. The van der Waals surface area contributed by atoms with Crippen LogP contribution in [-0.4, -0.2) is 38.6 Å². The summed E-state index contributed by atoms with van der Waals surface area (Å²) in [4.78, 5) is 24.4. The van der Waals surface area contributed by atoms with Crippen molar-refractivity contribution in [2.24, 2.45) is 11.7 Å². The van der Waals surface area contributed by atoms with Gasteiger partial charge in [0.05, 0.1) is 25.9 Å². The summed E-state index contributed by atoms with van der Waals surface area (Å²) in [5.74, 6) is 0.332. The third kappa shape index (κ3) is 4.19. The summed E-state index contributed by atoms with van der Waals surface area (Å²) in [7, 11) is 1.57. The predicted octanol–water partition coefficient (Wildman–Crippen LogP) is -0.586. The quantitative estimate of drug-likeness (QED) is 0.678. The van der Waals surface area contributed by atoms with E-state index < -0.39 is 0 Å². The second kappa shape index (κ2) is 7.08.